The summed E-state index contributed by atoms with van der Waals surface area (Å²) in [6.07, 6.45) is 3.19. The van der Waals surface area contributed by atoms with Crippen LogP contribution in [0.15, 0.2) is 36.7 Å². The first-order valence-corrected chi connectivity index (χ1v) is 13.3. The Morgan fingerprint density at radius 2 is 2.03 bits per heavy atom. The van der Waals surface area contributed by atoms with Gasteiger partial charge in [0.1, 0.15) is 23.7 Å². The number of nitrogen functional groups attached to an aromatic ring is 1. The van der Waals surface area contributed by atoms with Crippen LogP contribution in [0, 0.1) is 0 Å². The first-order chi connectivity index (χ1) is 18.0. The van der Waals surface area contributed by atoms with Crippen LogP contribution in [0.1, 0.15) is 12.0 Å². The third kappa shape index (κ3) is 5.35. The van der Waals surface area contributed by atoms with Crippen molar-refractivity contribution in [2.45, 2.75) is 24.9 Å². The highest BCUT2D eigenvalue weighted by Crippen LogP contribution is 2.33. The van der Waals surface area contributed by atoms with Gasteiger partial charge in [-0.15, -0.1) is 0 Å². The van der Waals surface area contributed by atoms with Crippen LogP contribution >= 0.6 is 23.2 Å². The second-order valence-corrected chi connectivity index (χ2v) is 10.6. The molecule has 38 heavy (non-hydrogen) atoms. The van der Waals surface area contributed by atoms with E-state index in [1.165, 1.54) is 24.3 Å². The van der Waals surface area contributed by atoms with Gasteiger partial charge in [-0.3, -0.25) is 13.7 Å². The average molecular weight is 581 g/mol. The molecule has 3 N–H and O–H groups in total. The molecule has 0 radical (unpaired) electrons. The summed E-state index contributed by atoms with van der Waals surface area (Å²) < 4.78 is 28.5. The fraction of sp³-hybridized carbons (Fsp3) is 0.333. The molecule has 1 aliphatic rings. The van der Waals surface area contributed by atoms with Crippen molar-refractivity contribution in [1.82, 2.24) is 14.9 Å². The third-order valence-electron chi connectivity index (χ3n) is 6.37. The summed E-state index contributed by atoms with van der Waals surface area (Å²) in [6, 6.07) is 4.65. The van der Waals surface area contributed by atoms with Crippen molar-refractivity contribution < 1.29 is 23.1 Å². The summed E-state index contributed by atoms with van der Waals surface area (Å²) in [7, 11) is 4.75. The molecule has 3 aromatic rings. The number of hydrogen-bond donors (Lipinski definition) is 2. The molecule has 1 saturated heterocycles. The van der Waals surface area contributed by atoms with Gasteiger partial charge in [-0.05, 0) is 41.6 Å². The Morgan fingerprint density at radius 1 is 1.29 bits per heavy atom. The van der Waals surface area contributed by atoms with E-state index in [4.69, 9.17) is 33.7 Å². The van der Waals surface area contributed by atoms with E-state index >= 15 is 0 Å². The molecular formula is C24H26Cl2N6O5S. The van der Waals surface area contributed by atoms with Crippen molar-refractivity contribution in [3.05, 3.63) is 52.3 Å². The van der Waals surface area contributed by atoms with Crippen molar-refractivity contribution in [1.29, 1.82) is 0 Å². The zero-order chi connectivity index (χ0) is 27.7. The number of pyridine rings is 2. The number of hydrogen-bond acceptors (Lipinski definition) is 8. The maximum Gasteiger partial charge on any atom is 0.328 e. The minimum Gasteiger partial charge on any atom is -0.467 e. The number of carbonyl (C=O) groups excluding carboxylic acids is 2. The average Bonchev–Trinajstić information content (AvgIpc) is 3.23. The molecule has 1 unspecified atom stereocenters. The SMILES string of the molecule is COC(=O)[C@@H](Cc1cc2ccnc(N)c2cc1Cl)N1CC[C@H](N(c2cnc(N(C)C)c(Cl)c2)S(=O)O)C1=O. The zero-order valence-electron chi connectivity index (χ0n) is 20.8. The molecular weight excluding hydrogens is 555 g/mol. The van der Waals surface area contributed by atoms with Gasteiger partial charge >= 0.3 is 5.97 Å². The Morgan fingerprint density at radius 3 is 2.66 bits per heavy atom. The van der Waals surface area contributed by atoms with Gasteiger partial charge in [-0.25, -0.2) is 19.0 Å². The first-order valence-electron chi connectivity index (χ1n) is 11.5. The molecule has 4 rings (SSSR count). The molecule has 0 bridgehead atoms. The molecule has 11 nitrogen and oxygen atoms in total. The second kappa shape index (κ2) is 11.3. The van der Waals surface area contributed by atoms with E-state index in [9.17, 15) is 18.4 Å². The number of esters is 1. The fourth-order valence-electron chi connectivity index (χ4n) is 4.55. The Hall–Kier alpha value is -3.19. The molecule has 0 saturated carbocycles. The van der Waals surface area contributed by atoms with Crippen LogP contribution in [-0.2, 0) is 32.0 Å². The Bertz CT molecular complexity index is 1420. The topological polar surface area (TPSA) is 142 Å². The van der Waals surface area contributed by atoms with Gasteiger partial charge in [-0.1, -0.05) is 23.2 Å². The molecule has 1 aliphatic heterocycles. The Balaban J connectivity index is 1.65. The monoisotopic (exact) mass is 580 g/mol. The van der Waals surface area contributed by atoms with Crippen molar-refractivity contribution in [2.75, 3.05) is 42.7 Å². The summed E-state index contributed by atoms with van der Waals surface area (Å²) >= 11 is 10.3. The quantitative estimate of drug-likeness (QED) is 0.303. The highest BCUT2D eigenvalue weighted by Gasteiger charge is 2.44. The Labute approximate surface area is 231 Å². The van der Waals surface area contributed by atoms with Crippen LogP contribution in [0.3, 0.4) is 0 Å². The number of methoxy groups -OCH3 is 1. The zero-order valence-corrected chi connectivity index (χ0v) is 23.1. The van der Waals surface area contributed by atoms with E-state index in [0.29, 0.717) is 27.6 Å². The number of rotatable bonds is 8. The maximum atomic E-state index is 13.6. The van der Waals surface area contributed by atoms with Gasteiger partial charge in [-0.2, -0.15) is 0 Å². The van der Waals surface area contributed by atoms with Gasteiger partial charge < -0.3 is 20.3 Å². The molecule has 1 aromatic carbocycles. The summed E-state index contributed by atoms with van der Waals surface area (Å²) in [5, 5.41) is 2.05. The summed E-state index contributed by atoms with van der Waals surface area (Å²) in [6.45, 7) is 0.149. The lowest BCUT2D eigenvalue weighted by molar-refractivity contribution is -0.151. The van der Waals surface area contributed by atoms with E-state index in [1.54, 1.807) is 43.4 Å². The molecule has 0 spiro atoms. The number of fused-ring (bicyclic) bond motifs is 1. The number of amides is 1. The van der Waals surface area contributed by atoms with E-state index < -0.39 is 35.2 Å². The largest absolute Gasteiger partial charge is 0.467 e. The van der Waals surface area contributed by atoms with Crippen LogP contribution in [-0.4, -0.2) is 75.3 Å². The van der Waals surface area contributed by atoms with Crippen LogP contribution in [0.25, 0.3) is 10.8 Å². The standard InChI is InChI=1S/C24H26Cl2N6O5S/c1-30(2)22-18(26)10-15(12-29-22)32(38(35)36)19-5-7-31(23(19)33)20(24(34)37-3)9-14-8-13-4-6-28-21(27)16(13)11-17(14)25/h4,6,8,10-12,19-20H,5,7,9H2,1-3H3,(H2,27,28)(H,35,36)/t19-,20+/m0/s1. The predicted molar refractivity (Wildman–Crippen MR) is 148 cm³/mol. The molecule has 14 heteroatoms. The molecule has 1 fully saturated rings. The number of likely N-dealkylation sites (tertiary alicyclic amines) is 1. The van der Waals surface area contributed by atoms with Gasteiger partial charge in [0.25, 0.3) is 11.3 Å². The number of nitrogens with two attached hydrogens (primary N) is 1. The van der Waals surface area contributed by atoms with Crippen molar-refractivity contribution in [3.8, 4) is 0 Å². The lowest BCUT2D eigenvalue weighted by Crippen LogP contribution is -2.49. The molecule has 202 valence electrons. The van der Waals surface area contributed by atoms with E-state index in [2.05, 4.69) is 9.97 Å². The fourth-order valence-corrected chi connectivity index (χ4v) is 5.81. The van der Waals surface area contributed by atoms with Crippen LogP contribution in [0.2, 0.25) is 10.0 Å². The van der Waals surface area contributed by atoms with Crippen LogP contribution in [0.4, 0.5) is 17.3 Å². The van der Waals surface area contributed by atoms with E-state index in [-0.39, 0.29) is 30.1 Å². The third-order valence-corrected chi connectivity index (χ3v) is 7.81. The number of anilines is 3. The van der Waals surface area contributed by atoms with Gasteiger partial charge in [0.2, 0.25) is 5.91 Å². The Kier molecular flexibility index (Phi) is 8.26. The van der Waals surface area contributed by atoms with Crippen molar-refractivity contribution in [3.63, 3.8) is 0 Å². The number of benzene rings is 1. The van der Waals surface area contributed by atoms with Crippen molar-refractivity contribution >= 4 is 74.4 Å². The summed E-state index contributed by atoms with van der Waals surface area (Å²) in [5.41, 5.74) is 6.75. The molecule has 2 aromatic heterocycles. The molecule has 0 aliphatic carbocycles. The van der Waals surface area contributed by atoms with Crippen LogP contribution < -0.4 is 14.9 Å². The lowest BCUT2D eigenvalue weighted by Gasteiger charge is -2.29. The molecule has 3 atom stereocenters. The van der Waals surface area contributed by atoms with Gasteiger partial charge in [0, 0.05) is 43.7 Å². The second-order valence-electron chi connectivity index (χ2n) is 8.89. The number of ether oxygens (including phenoxy) is 1. The number of halogens is 2. The lowest BCUT2D eigenvalue weighted by atomic mass is 10.0. The molecule has 1 amide bonds. The summed E-state index contributed by atoms with van der Waals surface area (Å²) in [5.74, 6) is -0.362. The first kappa shape index (κ1) is 27.8. The van der Waals surface area contributed by atoms with E-state index in [1.807, 2.05) is 0 Å². The maximum absolute atomic E-state index is 13.6. The molecule has 3 heterocycles. The number of nitrogens with zero attached hydrogens (tertiary/aromatic N) is 5. The highest BCUT2D eigenvalue weighted by atomic mass is 35.5. The van der Waals surface area contributed by atoms with Crippen molar-refractivity contribution in [2.24, 2.45) is 0 Å². The smallest absolute Gasteiger partial charge is 0.328 e. The normalized spacial score (nSPS) is 16.9. The predicted octanol–water partition coefficient (Wildman–Crippen LogP) is 2.91. The number of aromatic nitrogens is 2. The number of carbonyl (C=O) groups is 2. The van der Waals surface area contributed by atoms with Gasteiger partial charge in [0.15, 0.2) is 0 Å². The minimum absolute atomic E-state index is 0.0647. The van der Waals surface area contributed by atoms with Crippen LogP contribution in [0.5, 0.6) is 0 Å². The van der Waals surface area contributed by atoms with Gasteiger partial charge in [0.05, 0.1) is 24.0 Å². The minimum atomic E-state index is -2.57. The highest BCUT2D eigenvalue weighted by molar-refractivity contribution is 7.80. The summed E-state index contributed by atoms with van der Waals surface area (Å²) in [4.78, 5) is 37.8. The van der Waals surface area contributed by atoms with E-state index in [0.717, 1.165) is 9.69 Å².